The number of hydrogen-bond donors (Lipinski definition) is 0. The second kappa shape index (κ2) is 10.3. The van der Waals surface area contributed by atoms with Crippen molar-refractivity contribution in [3.8, 4) is 5.75 Å². The van der Waals surface area contributed by atoms with Gasteiger partial charge in [0.25, 0.3) is 0 Å². The van der Waals surface area contributed by atoms with Crippen LogP contribution in [0.4, 0.5) is 0 Å². The van der Waals surface area contributed by atoms with Crippen LogP contribution in [0.5, 0.6) is 5.75 Å². The number of para-hydroxylation sites is 1. The van der Waals surface area contributed by atoms with E-state index in [1.54, 1.807) is 0 Å². The predicted octanol–water partition coefficient (Wildman–Crippen LogP) is 3.49. The molecule has 0 radical (unpaired) electrons. The highest BCUT2D eigenvalue weighted by Gasteiger charge is 2.16. The van der Waals surface area contributed by atoms with Gasteiger partial charge in [-0.1, -0.05) is 37.5 Å². The third-order valence-corrected chi connectivity index (χ3v) is 4.65. The van der Waals surface area contributed by atoms with Crippen LogP contribution in [0.1, 0.15) is 44.1 Å². The first kappa shape index (κ1) is 18.8. The molecular weight excluding hydrogens is 300 g/mol. The molecule has 0 aliphatic carbocycles. The first-order chi connectivity index (χ1) is 11.7. The summed E-state index contributed by atoms with van der Waals surface area (Å²) in [5.41, 5.74) is 1.16. The minimum absolute atomic E-state index is 0.277. The molecule has 1 aromatic rings. The van der Waals surface area contributed by atoms with Gasteiger partial charge in [0, 0.05) is 19.6 Å². The number of benzene rings is 1. The maximum absolute atomic E-state index is 12.4. The van der Waals surface area contributed by atoms with E-state index in [1.807, 2.05) is 25.2 Å². The minimum atomic E-state index is 0.277. The van der Waals surface area contributed by atoms with Gasteiger partial charge in [0.2, 0.25) is 5.91 Å². The fraction of sp³-hybridized carbons (Fsp3) is 0.650. The molecule has 0 spiro atoms. The maximum atomic E-state index is 12.4. The first-order valence-electron chi connectivity index (χ1n) is 9.31. The Morgan fingerprint density at radius 3 is 2.50 bits per heavy atom. The lowest BCUT2D eigenvalue weighted by molar-refractivity contribution is -0.132. The van der Waals surface area contributed by atoms with E-state index in [-0.39, 0.29) is 5.91 Å². The molecule has 4 heteroatoms. The Balaban J connectivity index is 1.64. The predicted molar refractivity (Wildman–Crippen MR) is 98.5 cm³/mol. The number of likely N-dealkylation sites (tertiary alicyclic amines) is 1. The zero-order valence-electron chi connectivity index (χ0n) is 15.3. The Kier molecular flexibility index (Phi) is 8.10. The van der Waals surface area contributed by atoms with E-state index in [4.69, 9.17) is 4.74 Å². The molecule has 1 fully saturated rings. The van der Waals surface area contributed by atoms with E-state index in [0.29, 0.717) is 13.2 Å². The van der Waals surface area contributed by atoms with Gasteiger partial charge in [0.1, 0.15) is 5.75 Å². The summed E-state index contributed by atoms with van der Waals surface area (Å²) in [6, 6.07) is 8.08. The number of likely N-dealkylation sites (N-methyl/N-ethyl adjacent to an activating group) is 1. The van der Waals surface area contributed by atoms with Gasteiger partial charge in [0.05, 0.1) is 13.2 Å². The largest absolute Gasteiger partial charge is 0.493 e. The lowest BCUT2D eigenvalue weighted by Gasteiger charge is -2.27. The molecule has 0 atom stereocenters. The second-order valence-electron chi connectivity index (χ2n) is 6.85. The molecule has 0 saturated carbocycles. The fourth-order valence-corrected chi connectivity index (χ4v) is 3.14. The monoisotopic (exact) mass is 332 g/mol. The molecule has 1 amide bonds. The van der Waals surface area contributed by atoms with Crippen LogP contribution in [0.2, 0.25) is 0 Å². The Morgan fingerprint density at radius 2 is 1.79 bits per heavy atom. The Hall–Kier alpha value is -1.55. The van der Waals surface area contributed by atoms with Gasteiger partial charge < -0.3 is 9.64 Å². The van der Waals surface area contributed by atoms with Crippen LogP contribution in [-0.2, 0) is 4.79 Å². The molecule has 1 saturated heterocycles. The molecule has 1 aliphatic rings. The van der Waals surface area contributed by atoms with Crippen LogP contribution in [0.3, 0.4) is 0 Å². The molecule has 134 valence electrons. The van der Waals surface area contributed by atoms with Crippen LogP contribution < -0.4 is 4.74 Å². The van der Waals surface area contributed by atoms with Gasteiger partial charge in [-0.25, -0.2) is 0 Å². The standard InChI is InChI=1S/C20H32N2O2/c1-18-11-6-7-12-19(18)24-16-10-13-21(2)17-20(23)22-14-8-4-3-5-9-15-22/h6-7,11-12H,3-5,8-10,13-17H2,1-2H3. The zero-order valence-corrected chi connectivity index (χ0v) is 15.3. The van der Waals surface area contributed by atoms with Gasteiger partial charge in [-0.3, -0.25) is 9.69 Å². The average Bonchev–Trinajstić information content (AvgIpc) is 2.52. The van der Waals surface area contributed by atoms with Crippen LogP contribution in [0, 0.1) is 6.92 Å². The smallest absolute Gasteiger partial charge is 0.236 e. The second-order valence-corrected chi connectivity index (χ2v) is 6.85. The van der Waals surface area contributed by atoms with Gasteiger partial charge >= 0.3 is 0 Å². The quantitative estimate of drug-likeness (QED) is 0.717. The summed E-state index contributed by atoms with van der Waals surface area (Å²) in [4.78, 5) is 16.6. The molecule has 1 aromatic carbocycles. The van der Waals surface area contributed by atoms with E-state index in [1.165, 1.54) is 19.3 Å². The van der Waals surface area contributed by atoms with Crippen molar-refractivity contribution in [3.05, 3.63) is 29.8 Å². The molecule has 0 aromatic heterocycles. The lowest BCUT2D eigenvalue weighted by atomic mass is 10.1. The van der Waals surface area contributed by atoms with Crippen LogP contribution >= 0.6 is 0 Å². The van der Waals surface area contributed by atoms with Crippen molar-refractivity contribution in [1.82, 2.24) is 9.80 Å². The molecule has 0 unspecified atom stereocenters. The summed E-state index contributed by atoms with van der Waals surface area (Å²) in [6.45, 7) is 6.01. The highest BCUT2D eigenvalue weighted by molar-refractivity contribution is 5.78. The lowest BCUT2D eigenvalue weighted by Crippen LogP contribution is -2.40. The van der Waals surface area contributed by atoms with E-state index in [9.17, 15) is 4.79 Å². The summed E-state index contributed by atoms with van der Waals surface area (Å²) in [5, 5.41) is 0. The van der Waals surface area contributed by atoms with Gasteiger partial charge in [-0.15, -0.1) is 0 Å². The average molecular weight is 332 g/mol. The molecule has 2 rings (SSSR count). The Bertz CT molecular complexity index is 496. The van der Waals surface area contributed by atoms with Crippen molar-refractivity contribution in [2.75, 3.05) is 39.8 Å². The molecular formula is C20H32N2O2. The molecule has 0 N–H and O–H groups in total. The summed E-state index contributed by atoms with van der Waals surface area (Å²) < 4.78 is 5.82. The van der Waals surface area contributed by atoms with Crippen molar-refractivity contribution in [1.29, 1.82) is 0 Å². The van der Waals surface area contributed by atoms with Gasteiger partial charge in [0.15, 0.2) is 0 Å². The fourth-order valence-electron chi connectivity index (χ4n) is 3.14. The van der Waals surface area contributed by atoms with Gasteiger partial charge in [-0.05, 0) is 44.9 Å². The molecule has 4 nitrogen and oxygen atoms in total. The molecule has 24 heavy (non-hydrogen) atoms. The van der Waals surface area contributed by atoms with Crippen molar-refractivity contribution in [3.63, 3.8) is 0 Å². The SMILES string of the molecule is Cc1ccccc1OCCCN(C)CC(=O)N1CCCCCCC1. The van der Waals surface area contributed by atoms with Crippen molar-refractivity contribution in [2.45, 2.75) is 45.4 Å². The number of amides is 1. The summed E-state index contributed by atoms with van der Waals surface area (Å²) >= 11 is 0. The maximum Gasteiger partial charge on any atom is 0.236 e. The van der Waals surface area contributed by atoms with Crippen molar-refractivity contribution >= 4 is 5.91 Å². The highest BCUT2D eigenvalue weighted by atomic mass is 16.5. The van der Waals surface area contributed by atoms with Crippen molar-refractivity contribution < 1.29 is 9.53 Å². The zero-order chi connectivity index (χ0) is 17.2. The topological polar surface area (TPSA) is 32.8 Å². The number of rotatable bonds is 7. The third kappa shape index (κ3) is 6.52. The number of carbonyl (C=O) groups is 1. The van der Waals surface area contributed by atoms with Gasteiger partial charge in [-0.2, -0.15) is 0 Å². The van der Waals surface area contributed by atoms with E-state index in [0.717, 1.165) is 50.2 Å². The third-order valence-electron chi connectivity index (χ3n) is 4.65. The molecule has 1 aliphatic heterocycles. The number of carbonyl (C=O) groups excluding carboxylic acids is 1. The minimum Gasteiger partial charge on any atom is -0.493 e. The molecule has 0 bridgehead atoms. The highest BCUT2D eigenvalue weighted by Crippen LogP contribution is 2.16. The van der Waals surface area contributed by atoms with E-state index >= 15 is 0 Å². The first-order valence-corrected chi connectivity index (χ1v) is 9.31. The van der Waals surface area contributed by atoms with Crippen LogP contribution in [-0.4, -0.2) is 55.5 Å². The summed E-state index contributed by atoms with van der Waals surface area (Å²) in [5.74, 6) is 1.23. The number of ether oxygens (including phenoxy) is 1. The van der Waals surface area contributed by atoms with Crippen molar-refractivity contribution in [2.24, 2.45) is 0 Å². The van der Waals surface area contributed by atoms with E-state index < -0.39 is 0 Å². The number of nitrogens with zero attached hydrogens (tertiary/aromatic N) is 2. The number of aryl methyl sites for hydroxylation is 1. The van der Waals surface area contributed by atoms with Crippen LogP contribution in [0.15, 0.2) is 24.3 Å². The Morgan fingerprint density at radius 1 is 1.12 bits per heavy atom. The van der Waals surface area contributed by atoms with Crippen LogP contribution in [0.25, 0.3) is 0 Å². The Labute approximate surface area is 146 Å². The normalized spacial score (nSPS) is 15.9. The summed E-state index contributed by atoms with van der Waals surface area (Å²) in [6.07, 6.45) is 7.08. The van der Waals surface area contributed by atoms with E-state index in [2.05, 4.69) is 22.8 Å². The number of hydrogen-bond acceptors (Lipinski definition) is 3. The molecule has 1 heterocycles. The summed E-state index contributed by atoms with van der Waals surface area (Å²) in [7, 11) is 2.02.